The van der Waals surface area contributed by atoms with E-state index >= 15 is 0 Å². The largest absolute Gasteiger partial charge is 0.494 e. The summed E-state index contributed by atoms with van der Waals surface area (Å²) in [4.78, 5) is 12.6. The first-order valence-corrected chi connectivity index (χ1v) is 8.16. The molecule has 0 bridgehead atoms. The number of hydrogen-bond donors (Lipinski definition) is 1. The molecule has 0 spiro atoms. The molecule has 0 heterocycles. The first kappa shape index (κ1) is 17.1. The Morgan fingerprint density at radius 3 is 2.43 bits per heavy atom. The minimum atomic E-state index is -0.0498. The van der Waals surface area contributed by atoms with Crippen molar-refractivity contribution in [3.8, 4) is 5.75 Å². The van der Waals surface area contributed by atoms with Crippen molar-refractivity contribution in [2.75, 3.05) is 6.61 Å². The zero-order valence-electron chi connectivity index (χ0n) is 14.3. The Balaban J connectivity index is 2.17. The molecule has 0 unspecified atom stereocenters. The predicted octanol–water partition coefficient (Wildman–Crippen LogP) is 4.58. The van der Waals surface area contributed by atoms with Crippen LogP contribution < -0.4 is 10.1 Å². The molecule has 0 aliphatic rings. The number of hydrogen-bond acceptors (Lipinski definition) is 2. The second-order valence-corrected chi connectivity index (χ2v) is 5.70. The van der Waals surface area contributed by atoms with Gasteiger partial charge in [-0.1, -0.05) is 31.2 Å². The van der Waals surface area contributed by atoms with Crippen LogP contribution in [0.1, 0.15) is 53.4 Å². The van der Waals surface area contributed by atoms with E-state index in [1.54, 1.807) is 0 Å². The maximum atomic E-state index is 12.6. The molecule has 23 heavy (non-hydrogen) atoms. The molecular formula is C20H25NO2. The molecule has 0 aromatic heterocycles. The monoisotopic (exact) mass is 311 g/mol. The van der Waals surface area contributed by atoms with Gasteiger partial charge in [-0.3, -0.25) is 4.79 Å². The molecule has 0 saturated heterocycles. The van der Waals surface area contributed by atoms with Crippen LogP contribution in [-0.4, -0.2) is 12.5 Å². The lowest BCUT2D eigenvalue weighted by Gasteiger charge is -2.20. The molecule has 3 heteroatoms. The van der Waals surface area contributed by atoms with Crippen LogP contribution in [0.3, 0.4) is 0 Å². The lowest BCUT2D eigenvalue weighted by atomic mass is 9.99. The number of amides is 1. The van der Waals surface area contributed by atoms with Crippen LogP contribution in [0.15, 0.2) is 42.5 Å². The van der Waals surface area contributed by atoms with Gasteiger partial charge in [0.05, 0.1) is 12.6 Å². The van der Waals surface area contributed by atoms with Gasteiger partial charge in [-0.15, -0.1) is 0 Å². The SMILES string of the molecule is CCOc1ccc(C(=O)N[C@@H](CC)c2ccccc2C)cc1C. The average Bonchev–Trinajstić information content (AvgIpc) is 2.55. The van der Waals surface area contributed by atoms with Gasteiger partial charge in [0.15, 0.2) is 0 Å². The van der Waals surface area contributed by atoms with Crippen LogP contribution in [0.5, 0.6) is 5.75 Å². The fourth-order valence-corrected chi connectivity index (χ4v) is 2.73. The van der Waals surface area contributed by atoms with Crippen LogP contribution in [0, 0.1) is 13.8 Å². The molecule has 1 N–H and O–H groups in total. The first-order chi connectivity index (χ1) is 11.1. The molecule has 1 amide bonds. The highest BCUT2D eigenvalue weighted by Gasteiger charge is 2.16. The average molecular weight is 311 g/mol. The number of aryl methyl sites for hydroxylation is 2. The number of nitrogens with one attached hydrogen (secondary N) is 1. The smallest absolute Gasteiger partial charge is 0.251 e. The third-order valence-corrected chi connectivity index (χ3v) is 4.01. The van der Waals surface area contributed by atoms with E-state index in [-0.39, 0.29) is 11.9 Å². The predicted molar refractivity (Wildman–Crippen MR) is 94.0 cm³/mol. The van der Waals surface area contributed by atoms with Crippen LogP contribution in [0.2, 0.25) is 0 Å². The zero-order chi connectivity index (χ0) is 16.8. The van der Waals surface area contributed by atoms with E-state index in [1.165, 1.54) is 11.1 Å². The van der Waals surface area contributed by atoms with E-state index < -0.39 is 0 Å². The van der Waals surface area contributed by atoms with E-state index in [4.69, 9.17) is 4.74 Å². The first-order valence-electron chi connectivity index (χ1n) is 8.16. The van der Waals surface area contributed by atoms with Crippen molar-refractivity contribution in [1.82, 2.24) is 5.32 Å². The number of benzene rings is 2. The summed E-state index contributed by atoms with van der Waals surface area (Å²) >= 11 is 0. The van der Waals surface area contributed by atoms with Crippen LogP contribution >= 0.6 is 0 Å². The molecular weight excluding hydrogens is 286 g/mol. The Hall–Kier alpha value is -2.29. The Morgan fingerprint density at radius 2 is 1.83 bits per heavy atom. The third-order valence-electron chi connectivity index (χ3n) is 4.01. The molecule has 0 radical (unpaired) electrons. The van der Waals surface area contributed by atoms with Crippen molar-refractivity contribution in [3.63, 3.8) is 0 Å². The molecule has 1 atom stereocenters. The molecule has 2 aromatic rings. The third kappa shape index (κ3) is 4.13. The van der Waals surface area contributed by atoms with Crippen molar-refractivity contribution in [3.05, 3.63) is 64.7 Å². The van der Waals surface area contributed by atoms with Gasteiger partial charge in [0.2, 0.25) is 0 Å². The number of rotatable bonds is 6. The molecule has 0 saturated carbocycles. The summed E-state index contributed by atoms with van der Waals surface area (Å²) in [5.74, 6) is 0.779. The summed E-state index contributed by atoms with van der Waals surface area (Å²) < 4.78 is 5.53. The van der Waals surface area contributed by atoms with Gasteiger partial charge in [-0.05, 0) is 62.1 Å². The van der Waals surface area contributed by atoms with E-state index in [0.29, 0.717) is 12.2 Å². The van der Waals surface area contributed by atoms with Gasteiger partial charge in [-0.2, -0.15) is 0 Å². The van der Waals surface area contributed by atoms with Crippen LogP contribution in [0.4, 0.5) is 0 Å². The minimum Gasteiger partial charge on any atom is -0.494 e. The maximum Gasteiger partial charge on any atom is 0.251 e. The minimum absolute atomic E-state index is 0.0237. The molecule has 2 aromatic carbocycles. The molecule has 0 aliphatic heterocycles. The van der Waals surface area contributed by atoms with Crippen molar-refractivity contribution in [2.45, 2.75) is 40.2 Å². The topological polar surface area (TPSA) is 38.3 Å². The fourth-order valence-electron chi connectivity index (χ4n) is 2.73. The fraction of sp³-hybridized carbons (Fsp3) is 0.350. The number of carbonyl (C=O) groups excluding carboxylic acids is 1. The summed E-state index contributed by atoms with van der Waals surface area (Å²) in [6, 6.07) is 13.8. The zero-order valence-corrected chi connectivity index (χ0v) is 14.3. The number of ether oxygens (including phenoxy) is 1. The maximum absolute atomic E-state index is 12.6. The molecule has 2 rings (SSSR count). The van der Waals surface area contributed by atoms with Crippen LogP contribution in [0.25, 0.3) is 0 Å². The highest BCUT2D eigenvalue weighted by Crippen LogP contribution is 2.22. The normalized spacial score (nSPS) is 11.8. The van der Waals surface area contributed by atoms with Gasteiger partial charge in [0.25, 0.3) is 5.91 Å². The molecule has 3 nitrogen and oxygen atoms in total. The van der Waals surface area contributed by atoms with Crippen molar-refractivity contribution < 1.29 is 9.53 Å². The Morgan fingerprint density at radius 1 is 1.09 bits per heavy atom. The summed E-state index contributed by atoms with van der Waals surface area (Å²) in [6.07, 6.45) is 0.854. The van der Waals surface area contributed by atoms with E-state index in [9.17, 15) is 4.79 Å². The molecule has 0 fully saturated rings. The molecule has 122 valence electrons. The lowest BCUT2D eigenvalue weighted by molar-refractivity contribution is 0.0935. The lowest BCUT2D eigenvalue weighted by Crippen LogP contribution is -2.28. The van der Waals surface area contributed by atoms with Gasteiger partial charge >= 0.3 is 0 Å². The summed E-state index contributed by atoms with van der Waals surface area (Å²) in [5, 5.41) is 3.14. The summed E-state index contributed by atoms with van der Waals surface area (Å²) in [5.41, 5.74) is 4.01. The van der Waals surface area contributed by atoms with E-state index in [2.05, 4.69) is 31.3 Å². The van der Waals surface area contributed by atoms with E-state index in [0.717, 1.165) is 17.7 Å². The van der Waals surface area contributed by atoms with Gasteiger partial charge < -0.3 is 10.1 Å². The van der Waals surface area contributed by atoms with Gasteiger partial charge in [0, 0.05) is 5.56 Å². The Bertz CT molecular complexity index is 679. The highest BCUT2D eigenvalue weighted by molar-refractivity contribution is 5.94. The van der Waals surface area contributed by atoms with Crippen molar-refractivity contribution in [2.24, 2.45) is 0 Å². The Labute approximate surface area is 138 Å². The number of carbonyl (C=O) groups is 1. The van der Waals surface area contributed by atoms with Crippen molar-refractivity contribution >= 4 is 5.91 Å². The van der Waals surface area contributed by atoms with Crippen molar-refractivity contribution in [1.29, 1.82) is 0 Å². The molecule has 0 aliphatic carbocycles. The summed E-state index contributed by atoms with van der Waals surface area (Å²) in [6.45, 7) is 8.69. The quantitative estimate of drug-likeness (QED) is 0.847. The van der Waals surface area contributed by atoms with Gasteiger partial charge in [-0.25, -0.2) is 0 Å². The Kier molecular flexibility index (Phi) is 5.80. The van der Waals surface area contributed by atoms with Gasteiger partial charge in [0.1, 0.15) is 5.75 Å². The highest BCUT2D eigenvalue weighted by atomic mass is 16.5. The summed E-state index contributed by atoms with van der Waals surface area (Å²) in [7, 11) is 0. The second-order valence-electron chi connectivity index (χ2n) is 5.70. The standard InChI is InChI=1S/C20H25NO2/c1-5-18(17-10-8-7-9-14(17)3)21-20(22)16-11-12-19(23-6-2)15(4)13-16/h7-13,18H,5-6H2,1-4H3,(H,21,22)/t18-/m0/s1. The second kappa shape index (κ2) is 7.82. The van der Waals surface area contributed by atoms with E-state index in [1.807, 2.05) is 44.2 Å². The van der Waals surface area contributed by atoms with Crippen LogP contribution in [-0.2, 0) is 0 Å².